The molecule has 1 aromatic rings. The number of rotatable bonds is 2. The van der Waals surface area contributed by atoms with E-state index in [-0.39, 0.29) is 5.97 Å². The lowest BCUT2D eigenvalue weighted by molar-refractivity contribution is 0.0589. The van der Waals surface area contributed by atoms with Crippen molar-refractivity contribution < 1.29 is 9.53 Å². The Morgan fingerprint density at radius 3 is 3.00 bits per heavy atom. The number of hydrogen-bond donors (Lipinski definition) is 1. The average molecular weight is 208 g/mol. The maximum atomic E-state index is 11.4. The molecule has 0 saturated carbocycles. The summed E-state index contributed by atoms with van der Waals surface area (Å²) in [5.41, 5.74) is 1.77. The van der Waals surface area contributed by atoms with Gasteiger partial charge in [-0.1, -0.05) is 0 Å². The third kappa shape index (κ3) is 1.77. The standard InChI is InChI=1S/C11H16N2O2/c1-13-9(8-4-3-7-12-8)5-6-10(13)11(14)15-2/h5-6,8,12H,3-4,7H2,1-2H3. The maximum absolute atomic E-state index is 11.4. The maximum Gasteiger partial charge on any atom is 0.354 e. The van der Waals surface area contributed by atoms with Gasteiger partial charge in [0.05, 0.1) is 7.11 Å². The van der Waals surface area contributed by atoms with Gasteiger partial charge >= 0.3 is 5.97 Å². The predicted octanol–water partition coefficient (Wildman–Crippen LogP) is 1.24. The first-order valence-corrected chi connectivity index (χ1v) is 5.21. The Morgan fingerprint density at radius 1 is 1.60 bits per heavy atom. The number of hydrogen-bond acceptors (Lipinski definition) is 3. The minimum absolute atomic E-state index is 0.276. The van der Waals surface area contributed by atoms with Crippen LogP contribution in [0, 0.1) is 0 Å². The predicted molar refractivity (Wildman–Crippen MR) is 56.7 cm³/mol. The first-order chi connectivity index (χ1) is 7.24. The van der Waals surface area contributed by atoms with Crippen LogP contribution in [-0.4, -0.2) is 24.2 Å². The van der Waals surface area contributed by atoms with E-state index in [2.05, 4.69) is 5.32 Å². The second-order valence-electron chi connectivity index (χ2n) is 3.84. The van der Waals surface area contributed by atoms with Gasteiger partial charge in [-0.15, -0.1) is 0 Å². The van der Waals surface area contributed by atoms with E-state index in [0.717, 1.165) is 18.7 Å². The van der Waals surface area contributed by atoms with Gasteiger partial charge in [0.25, 0.3) is 0 Å². The average Bonchev–Trinajstić information content (AvgIpc) is 2.85. The van der Waals surface area contributed by atoms with Gasteiger partial charge in [0.1, 0.15) is 5.69 Å². The third-order valence-electron chi connectivity index (χ3n) is 2.97. The van der Waals surface area contributed by atoms with Crippen LogP contribution in [0.2, 0.25) is 0 Å². The molecule has 82 valence electrons. The second kappa shape index (κ2) is 4.06. The van der Waals surface area contributed by atoms with Crippen molar-refractivity contribution in [3.05, 3.63) is 23.5 Å². The van der Waals surface area contributed by atoms with Gasteiger partial charge in [0, 0.05) is 18.8 Å². The molecule has 0 aliphatic carbocycles. The van der Waals surface area contributed by atoms with Crippen LogP contribution in [0.4, 0.5) is 0 Å². The molecular formula is C11H16N2O2. The fourth-order valence-electron chi connectivity index (χ4n) is 2.12. The molecule has 2 heterocycles. The topological polar surface area (TPSA) is 43.3 Å². The van der Waals surface area contributed by atoms with Crippen molar-refractivity contribution in [1.82, 2.24) is 9.88 Å². The summed E-state index contributed by atoms with van der Waals surface area (Å²) in [6.07, 6.45) is 2.34. The molecular weight excluding hydrogens is 192 g/mol. The number of methoxy groups -OCH3 is 1. The van der Waals surface area contributed by atoms with Crippen molar-refractivity contribution in [3.8, 4) is 0 Å². The van der Waals surface area contributed by atoms with Gasteiger partial charge in [-0.2, -0.15) is 0 Å². The molecule has 4 nitrogen and oxygen atoms in total. The van der Waals surface area contributed by atoms with E-state index < -0.39 is 0 Å². The van der Waals surface area contributed by atoms with Crippen LogP contribution in [0.15, 0.2) is 12.1 Å². The number of ether oxygens (including phenoxy) is 1. The van der Waals surface area contributed by atoms with Crippen LogP contribution >= 0.6 is 0 Å². The summed E-state index contributed by atoms with van der Waals surface area (Å²) in [5, 5.41) is 3.41. The van der Waals surface area contributed by atoms with E-state index in [1.54, 1.807) is 0 Å². The molecule has 2 rings (SSSR count). The summed E-state index contributed by atoms with van der Waals surface area (Å²) >= 11 is 0. The van der Waals surface area contributed by atoms with E-state index in [4.69, 9.17) is 4.74 Å². The minimum Gasteiger partial charge on any atom is -0.464 e. The van der Waals surface area contributed by atoms with Crippen molar-refractivity contribution in [1.29, 1.82) is 0 Å². The molecule has 1 unspecified atom stereocenters. The van der Waals surface area contributed by atoms with Crippen LogP contribution in [0.25, 0.3) is 0 Å². The normalized spacial score (nSPS) is 20.5. The Kier molecular flexibility index (Phi) is 2.77. The Hall–Kier alpha value is -1.29. The van der Waals surface area contributed by atoms with Crippen molar-refractivity contribution >= 4 is 5.97 Å². The fraction of sp³-hybridized carbons (Fsp3) is 0.545. The first-order valence-electron chi connectivity index (χ1n) is 5.21. The zero-order valence-electron chi connectivity index (χ0n) is 9.12. The smallest absolute Gasteiger partial charge is 0.354 e. The molecule has 1 saturated heterocycles. The van der Waals surface area contributed by atoms with Gasteiger partial charge in [-0.3, -0.25) is 0 Å². The number of nitrogens with one attached hydrogen (secondary N) is 1. The summed E-state index contributed by atoms with van der Waals surface area (Å²) in [4.78, 5) is 11.4. The summed E-state index contributed by atoms with van der Waals surface area (Å²) in [6, 6.07) is 4.20. The minimum atomic E-state index is -0.276. The van der Waals surface area contributed by atoms with Crippen LogP contribution in [0.1, 0.15) is 35.1 Å². The van der Waals surface area contributed by atoms with Crippen molar-refractivity contribution in [2.45, 2.75) is 18.9 Å². The SMILES string of the molecule is COC(=O)c1ccc(C2CCCN2)n1C. The monoisotopic (exact) mass is 208 g/mol. The lowest BCUT2D eigenvalue weighted by Crippen LogP contribution is -2.17. The number of nitrogens with zero attached hydrogens (tertiary/aromatic N) is 1. The van der Waals surface area contributed by atoms with Crippen molar-refractivity contribution in [2.75, 3.05) is 13.7 Å². The Morgan fingerprint density at radius 2 is 2.40 bits per heavy atom. The molecule has 0 bridgehead atoms. The molecule has 1 N–H and O–H groups in total. The molecule has 0 spiro atoms. The van der Waals surface area contributed by atoms with Gasteiger partial charge in [-0.25, -0.2) is 4.79 Å². The number of carbonyl (C=O) groups is 1. The Bertz CT molecular complexity index is 365. The van der Waals surface area contributed by atoms with Crippen LogP contribution in [-0.2, 0) is 11.8 Å². The molecule has 0 aromatic carbocycles. The van der Waals surface area contributed by atoms with Crippen molar-refractivity contribution in [2.24, 2.45) is 7.05 Å². The Balaban J connectivity index is 2.26. The molecule has 1 aromatic heterocycles. The molecule has 0 radical (unpaired) electrons. The van der Waals surface area contributed by atoms with E-state index in [1.807, 2.05) is 23.7 Å². The molecule has 1 fully saturated rings. The fourth-order valence-corrected chi connectivity index (χ4v) is 2.12. The largest absolute Gasteiger partial charge is 0.464 e. The summed E-state index contributed by atoms with van der Waals surface area (Å²) < 4.78 is 6.62. The number of aromatic nitrogens is 1. The number of carbonyl (C=O) groups excluding carboxylic acids is 1. The lowest BCUT2D eigenvalue weighted by atomic mass is 10.2. The molecule has 1 atom stereocenters. The first kappa shape index (κ1) is 10.2. The molecule has 1 aliphatic rings. The molecule has 15 heavy (non-hydrogen) atoms. The molecule has 1 aliphatic heterocycles. The summed E-state index contributed by atoms with van der Waals surface area (Å²) in [5.74, 6) is -0.276. The zero-order chi connectivity index (χ0) is 10.8. The molecule has 0 amide bonds. The lowest BCUT2D eigenvalue weighted by Gasteiger charge is -2.12. The second-order valence-corrected chi connectivity index (χ2v) is 3.84. The van der Waals surface area contributed by atoms with Crippen LogP contribution < -0.4 is 5.32 Å². The highest BCUT2D eigenvalue weighted by Crippen LogP contribution is 2.24. The van der Waals surface area contributed by atoms with E-state index >= 15 is 0 Å². The molecule has 4 heteroatoms. The highest BCUT2D eigenvalue weighted by atomic mass is 16.5. The van der Waals surface area contributed by atoms with E-state index in [0.29, 0.717) is 11.7 Å². The zero-order valence-corrected chi connectivity index (χ0v) is 9.12. The number of esters is 1. The van der Waals surface area contributed by atoms with E-state index in [1.165, 1.54) is 13.5 Å². The highest BCUT2D eigenvalue weighted by molar-refractivity contribution is 5.87. The van der Waals surface area contributed by atoms with Crippen LogP contribution in [0.3, 0.4) is 0 Å². The summed E-state index contributed by atoms with van der Waals surface area (Å²) in [7, 11) is 3.31. The quantitative estimate of drug-likeness (QED) is 0.743. The van der Waals surface area contributed by atoms with Gasteiger partial charge in [-0.05, 0) is 31.5 Å². The third-order valence-corrected chi connectivity index (χ3v) is 2.97. The summed E-state index contributed by atoms with van der Waals surface area (Å²) in [6.45, 7) is 1.06. The highest BCUT2D eigenvalue weighted by Gasteiger charge is 2.21. The van der Waals surface area contributed by atoms with Crippen LogP contribution in [0.5, 0.6) is 0 Å². The van der Waals surface area contributed by atoms with E-state index in [9.17, 15) is 4.79 Å². The van der Waals surface area contributed by atoms with Gasteiger partial charge in [0.2, 0.25) is 0 Å². The Labute approximate surface area is 89.2 Å². The van der Waals surface area contributed by atoms with Gasteiger partial charge in [0.15, 0.2) is 0 Å². The van der Waals surface area contributed by atoms with Gasteiger partial charge < -0.3 is 14.6 Å². The van der Waals surface area contributed by atoms with Crippen molar-refractivity contribution in [3.63, 3.8) is 0 Å².